The molecule has 1 aliphatic heterocycles. The third-order valence-corrected chi connectivity index (χ3v) is 5.27. The van der Waals surface area contributed by atoms with Crippen LogP contribution in [0.15, 0.2) is 6.07 Å². The lowest BCUT2D eigenvalue weighted by Gasteiger charge is -2.22. The quantitative estimate of drug-likeness (QED) is 0.832. The van der Waals surface area contributed by atoms with Crippen LogP contribution in [0.5, 0.6) is 0 Å². The number of aromatic nitrogens is 2. The first-order valence-corrected chi connectivity index (χ1v) is 9.38. The molecule has 0 aromatic carbocycles. The van der Waals surface area contributed by atoms with E-state index in [1.807, 2.05) is 4.90 Å². The highest BCUT2D eigenvalue weighted by Crippen LogP contribution is 2.41. The van der Waals surface area contributed by atoms with Gasteiger partial charge in [0, 0.05) is 31.2 Å². The summed E-state index contributed by atoms with van der Waals surface area (Å²) in [5.74, 6) is 1.30. The predicted octanol–water partition coefficient (Wildman–Crippen LogP) is 2.93. The lowest BCUT2D eigenvalue weighted by atomic mass is 10.1. The van der Waals surface area contributed by atoms with E-state index >= 15 is 0 Å². The molecule has 5 nitrogen and oxygen atoms in total. The van der Waals surface area contributed by atoms with Gasteiger partial charge in [-0.2, -0.15) is 5.10 Å². The van der Waals surface area contributed by atoms with Crippen LogP contribution >= 0.6 is 0 Å². The topological polar surface area (TPSA) is 41.4 Å². The summed E-state index contributed by atoms with van der Waals surface area (Å²) < 4.78 is 2.08. The van der Waals surface area contributed by atoms with Crippen molar-refractivity contribution in [3.8, 4) is 0 Å². The molecule has 0 N–H and O–H groups in total. The highest BCUT2D eigenvalue weighted by Gasteiger charge is 2.34. The molecule has 2 aliphatic rings. The van der Waals surface area contributed by atoms with E-state index < -0.39 is 0 Å². The molecule has 2 fully saturated rings. The minimum atomic E-state index is -0.0756. The van der Waals surface area contributed by atoms with Gasteiger partial charge in [-0.15, -0.1) is 0 Å². The third-order valence-electron chi connectivity index (χ3n) is 5.27. The number of hydrogen-bond donors (Lipinski definition) is 0. The largest absolute Gasteiger partial charge is 0.337 e. The molecule has 1 saturated carbocycles. The van der Waals surface area contributed by atoms with E-state index in [2.05, 4.69) is 50.4 Å². The summed E-state index contributed by atoms with van der Waals surface area (Å²) >= 11 is 0. The van der Waals surface area contributed by atoms with Crippen molar-refractivity contribution in [3.63, 3.8) is 0 Å². The van der Waals surface area contributed by atoms with Crippen LogP contribution < -0.4 is 0 Å². The van der Waals surface area contributed by atoms with Gasteiger partial charge in [-0.25, -0.2) is 0 Å². The molecule has 2 heterocycles. The Morgan fingerprint density at radius 3 is 2.62 bits per heavy atom. The lowest BCUT2D eigenvalue weighted by molar-refractivity contribution is 0.0777. The van der Waals surface area contributed by atoms with Crippen molar-refractivity contribution < 1.29 is 4.79 Å². The summed E-state index contributed by atoms with van der Waals surface area (Å²) in [6.45, 7) is 12.5. The molecule has 0 spiro atoms. The molecule has 3 rings (SSSR count). The van der Waals surface area contributed by atoms with Gasteiger partial charge >= 0.3 is 0 Å². The summed E-state index contributed by atoms with van der Waals surface area (Å²) in [6, 6.07) is 2.05. The van der Waals surface area contributed by atoms with Crippen molar-refractivity contribution >= 4 is 5.91 Å². The Morgan fingerprint density at radius 1 is 1.33 bits per heavy atom. The molecule has 1 saturated heterocycles. The Bertz CT molecular complexity index is 597. The summed E-state index contributed by atoms with van der Waals surface area (Å²) in [7, 11) is 2.15. The van der Waals surface area contributed by atoms with Gasteiger partial charge in [0.1, 0.15) is 0 Å². The van der Waals surface area contributed by atoms with Crippen LogP contribution in [-0.2, 0) is 5.54 Å². The first kappa shape index (κ1) is 17.5. The monoisotopic (exact) mass is 332 g/mol. The average Bonchev–Trinajstić information content (AvgIpc) is 3.09. The van der Waals surface area contributed by atoms with E-state index in [0.717, 1.165) is 32.6 Å². The van der Waals surface area contributed by atoms with Gasteiger partial charge in [0.05, 0.1) is 5.54 Å². The summed E-state index contributed by atoms with van der Waals surface area (Å²) in [5, 5.41) is 4.70. The second-order valence-electron chi connectivity index (χ2n) is 8.57. The molecule has 1 aliphatic carbocycles. The number of carbonyl (C=O) groups is 1. The molecule has 1 aromatic heterocycles. The standard InChI is InChI=1S/C19H32N4O/c1-6-21(5)12-14-9-10-22(13-14)18(24)16-11-17(15-7-8-15)23(20-16)19(2,3)4/h11,14-15H,6-10,12-13H2,1-5H3. The number of rotatable bonds is 5. The van der Waals surface area contributed by atoms with Crippen LogP contribution in [-0.4, -0.2) is 58.7 Å². The van der Waals surface area contributed by atoms with Crippen LogP contribution in [0.1, 0.15) is 69.1 Å². The molecular formula is C19H32N4O. The van der Waals surface area contributed by atoms with E-state index in [1.165, 1.54) is 18.5 Å². The second kappa shape index (κ2) is 6.51. The molecule has 0 bridgehead atoms. The molecule has 5 heteroatoms. The molecule has 1 amide bonds. The molecule has 24 heavy (non-hydrogen) atoms. The first-order chi connectivity index (χ1) is 11.3. The van der Waals surface area contributed by atoms with Crippen molar-refractivity contribution in [1.82, 2.24) is 19.6 Å². The van der Waals surface area contributed by atoms with Crippen LogP contribution in [0.3, 0.4) is 0 Å². The minimum absolute atomic E-state index is 0.0756. The Kier molecular flexibility index (Phi) is 4.73. The third kappa shape index (κ3) is 3.66. The van der Waals surface area contributed by atoms with E-state index in [9.17, 15) is 4.79 Å². The first-order valence-electron chi connectivity index (χ1n) is 9.38. The highest BCUT2D eigenvalue weighted by molar-refractivity contribution is 5.92. The van der Waals surface area contributed by atoms with Crippen molar-refractivity contribution in [1.29, 1.82) is 0 Å². The van der Waals surface area contributed by atoms with Crippen LogP contribution in [0, 0.1) is 5.92 Å². The summed E-state index contributed by atoms with van der Waals surface area (Å²) in [5.41, 5.74) is 1.80. The van der Waals surface area contributed by atoms with E-state index in [-0.39, 0.29) is 11.4 Å². The molecular weight excluding hydrogens is 300 g/mol. The normalized spacial score (nSPS) is 21.8. The molecule has 1 unspecified atom stereocenters. The summed E-state index contributed by atoms with van der Waals surface area (Å²) in [6.07, 6.45) is 3.56. The molecule has 1 aromatic rings. The van der Waals surface area contributed by atoms with Gasteiger partial charge in [0.2, 0.25) is 0 Å². The summed E-state index contributed by atoms with van der Waals surface area (Å²) in [4.78, 5) is 17.3. The van der Waals surface area contributed by atoms with Gasteiger partial charge < -0.3 is 9.80 Å². The fraction of sp³-hybridized carbons (Fsp3) is 0.789. The average molecular weight is 332 g/mol. The maximum Gasteiger partial charge on any atom is 0.274 e. The Labute approximate surface area is 146 Å². The van der Waals surface area contributed by atoms with Crippen LogP contribution in [0.25, 0.3) is 0 Å². The molecule has 134 valence electrons. The maximum absolute atomic E-state index is 12.9. The number of likely N-dealkylation sites (tertiary alicyclic amines) is 1. The van der Waals surface area contributed by atoms with Crippen molar-refractivity contribution in [3.05, 3.63) is 17.5 Å². The van der Waals surface area contributed by atoms with Gasteiger partial charge in [0.15, 0.2) is 5.69 Å². The zero-order valence-electron chi connectivity index (χ0n) is 15.9. The number of carbonyl (C=O) groups excluding carboxylic acids is 1. The van der Waals surface area contributed by atoms with Crippen molar-refractivity contribution in [2.24, 2.45) is 5.92 Å². The molecule has 1 atom stereocenters. The van der Waals surface area contributed by atoms with E-state index in [1.54, 1.807) is 0 Å². The van der Waals surface area contributed by atoms with Crippen LogP contribution in [0.2, 0.25) is 0 Å². The fourth-order valence-corrected chi connectivity index (χ4v) is 3.61. The fourth-order valence-electron chi connectivity index (χ4n) is 3.61. The zero-order chi connectivity index (χ0) is 17.5. The van der Waals surface area contributed by atoms with Gasteiger partial charge in [0.25, 0.3) is 5.91 Å². The van der Waals surface area contributed by atoms with E-state index in [4.69, 9.17) is 5.10 Å². The van der Waals surface area contributed by atoms with Crippen molar-refractivity contribution in [2.45, 2.75) is 58.4 Å². The predicted molar refractivity (Wildman–Crippen MR) is 96.4 cm³/mol. The highest BCUT2D eigenvalue weighted by atomic mass is 16.2. The second-order valence-corrected chi connectivity index (χ2v) is 8.57. The SMILES string of the molecule is CCN(C)CC1CCN(C(=O)c2cc(C3CC3)n(C(C)(C)C)n2)C1. The van der Waals surface area contributed by atoms with Gasteiger partial charge in [-0.3, -0.25) is 9.48 Å². The van der Waals surface area contributed by atoms with Crippen LogP contribution in [0.4, 0.5) is 0 Å². The van der Waals surface area contributed by atoms with E-state index in [0.29, 0.717) is 17.5 Å². The number of nitrogens with zero attached hydrogens (tertiary/aromatic N) is 4. The lowest BCUT2D eigenvalue weighted by Crippen LogP contribution is -2.32. The number of hydrogen-bond acceptors (Lipinski definition) is 3. The Morgan fingerprint density at radius 2 is 2.04 bits per heavy atom. The minimum Gasteiger partial charge on any atom is -0.337 e. The Balaban J connectivity index is 1.72. The number of amides is 1. The molecule has 0 radical (unpaired) electrons. The van der Waals surface area contributed by atoms with Crippen molar-refractivity contribution in [2.75, 3.05) is 33.2 Å². The van der Waals surface area contributed by atoms with Gasteiger partial charge in [-0.1, -0.05) is 6.92 Å². The zero-order valence-corrected chi connectivity index (χ0v) is 15.9. The maximum atomic E-state index is 12.9. The Hall–Kier alpha value is -1.36. The van der Waals surface area contributed by atoms with Gasteiger partial charge in [-0.05, 0) is 65.6 Å². The smallest absolute Gasteiger partial charge is 0.274 e.